The van der Waals surface area contributed by atoms with Gasteiger partial charge in [-0.3, -0.25) is 4.79 Å². The molecular weight excluding hydrogens is 194 g/mol. The molecule has 0 radical (unpaired) electrons. The first-order chi connectivity index (χ1) is 5.61. The fourth-order valence-corrected chi connectivity index (χ4v) is 0.889. The summed E-state index contributed by atoms with van der Waals surface area (Å²) in [6, 6.07) is -0.869. The van der Waals surface area contributed by atoms with Crippen molar-refractivity contribution in [3.05, 3.63) is 17.7 Å². The van der Waals surface area contributed by atoms with Gasteiger partial charge in [0.05, 0.1) is 12.0 Å². The number of nitrogens with one attached hydrogen (secondary N) is 1. The average molecular weight is 206 g/mol. The van der Waals surface area contributed by atoms with Crippen molar-refractivity contribution in [1.29, 1.82) is 0 Å². The summed E-state index contributed by atoms with van der Waals surface area (Å²) >= 11 is 0. The molecule has 0 fully saturated rings. The maximum absolute atomic E-state index is 10.4. The third kappa shape index (κ3) is 3.04. The molecule has 1 unspecified atom stereocenters. The van der Waals surface area contributed by atoms with Gasteiger partial charge in [-0.15, -0.1) is 12.4 Å². The monoisotopic (exact) mass is 205 g/mol. The number of carbonyl (C=O) groups is 1. The van der Waals surface area contributed by atoms with Crippen molar-refractivity contribution in [3.63, 3.8) is 0 Å². The number of aromatic amines is 1. The van der Waals surface area contributed by atoms with Crippen LogP contribution >= 0.6 is 12.4 Å². The minimum absolute atomic E-state index is 0. The molecule has 0 saturated carbocycles. The Kier molecular flexibility index (Phi) is 4.44. The minimum Gasteiger partial charge on any atom is -0.480 e. The van der Waals surface area contributed by atoms with Crippen molar-refractivity contribution < 1.29 is 9.90 Å². The van der Waals surface area contributed by atoms with Crippen molar-refractivity contribution in [1.82, 2.24) is 9.97 Å². The molecular formula is C7H12ClN3O2. The van der Waals surface area contributed by atoms with Crippen LogP contribution in [0.15, 0.2) is 6.33 Å². The maximum Gasteiger partial charge on any atom is 0.320 e. The molecule has 0 bridgehead atoms. The molecule has 5 nitrogen and oxygen atoms in total. The van der Waals surface area contributed by atoms with Gasteiger partial charge in [0.2, 0.25) is 0 Å². The summed E-state index contributed by atoms with van der Waals surface area (Å²) in [6.45, 7) is 1.83. The number of carboxylic acids is 1. The summed E-state index contributed by atoms with van der Waals surface area (Å²) in [5, 5.41) is 8.51. The van der Waals surface area contributed by atoms with E-state index in [-0.39, 0.29) is 18.8 Å². The predicted octanol–water partition coefficient (Wildman–Crippen LogP) is 0.0943. The number of hydrogen-bond donors (Lipinski definition) is 3. The van der Waals surface area contributed by atoms with Crippen LogP contribution in [0.4, 0.5) is 0 Å². The molecule has 1 aromatic rings. The molecule has 74 valence electrons. The van der Waals surface area contributed by atoms with Crippen molar-refractivity contribution in [2.45, 2.75) is 19.4 Å². The van der Waals surface area contributed by atoms with Gasteiger partial charge in [-0.1, -0.05) is 0 Å². The summed E-state index contributed by atoms with van der Waals surface area (Å²) in [4.78, 5) is 17.2. The lowest BCUT2D eigenvalue weighted by atomic mass is 10.1. The molecule has 6 heteroatoms. The van der Waals surface area contributed by atoms with E-state index in [4.69, 9.17) is 10.8 Å². The first-order valence-corrected chi connectivity index (χ1v) is 3.58. The van der Waals surface area contributed by atoms with Gasteiger partial charge in [0.15, 0.2) is 0 Å². The van der Waals surface area contributed by atoms with Crippen LogP contribution in [0.1, 0.15) is 11.4 Å². The van der Waals surface area contributed by atoms with E-state index in [1.807, 2.05) is 6.92 Å². The van der Waals surface area contributed by atoms with Crippen LogP contribution in [0.3, 0.4) is 0 Å². The van der Waals surface area contributed by atoms with E-state index < -0.39 is 12.0 Å². The van der Waals surface area contributed by atoms with Crippen LogP contribution in [0.25, 0.3) is 0 Å². The van der Waals surface area contributed by atoms with Crippen LogP contribution < -0.4 is 5.73 Å². The van der Waals surface area contributed by atoms with Crippen LogP contribution in [0.2, 0.25) is 0 Å². The zero-order chi connectivity index (χ0) is 9.14. The van der Waals surface area contributed by atoms with E-state index in [9.17, 15) is 4.79 Å². The Bertz CT molecular complexity index is 287. The Hall–Kier alpha value is -1.07. The van der Waals surface area contributed by atoms with E-state index in [0.717, 1.165) is 5.69 Å². The second-order valence-corrected chi connectivity index (χ2v) is 2.62. The average Bonchev–Trinajstić information content (AvgIpc) is 2.36. The van der Waals surface area contributed by atoms with E-state index in [1.54, 1.807) is 0 Å². The van der Waals surface area contributed by atoms with Crippen LogP contribution in [0, 0.1) is 6.92 Å². The van der Waals surface area contributed by atoms with Gasteiger partial charge in [-0.25, -0.2) is 4.98 Å². The minimum atomic E-state index is -1.00. The lowest BCUT2D eigenvalue weighted by molar-refractivity contribution is -0.138. The lowest BCUT2D eigenvalue weighted by Crippen LogP contribution is -2.32. The number of aromatic nitrogens is 2. The quantitative estimate of drug-likeness (QED) is 0.653. The second-order valence-electron chi connectivity index (χ2n) is 2.62. The summed E-state index contributed by atoms with van der Waals surface area (Å²) in [6.07, 6.45) is 1.80. The number of hydrogen-bond acceptors (Lipinski definition) is 3. The number of H-pyrrole nitrogens is 1. The molecule has 13 heavy (non-hydrogen) atoms. The molecule has 0 aliphatic heterocycles. The first kappa shape index (κ1) is 11.9. The van der Waals surface area contributed by atoms with Gasteiger partial charge in [0.1, 0.15) is 6.04 Å². The molecule has 4 N–H and O–H groups in total. The Morgan fingerprint density at radius 3 is 2.85 bits per heavy atom. The summed E-state index contributed by atoms with van der Waals surface area (Å²) in [7, 11) is 0. The number of imidazole rings is 1. The predicted molar refractivity (Wildman–Crippen MR) is 49.9 cm³/mol. The molecule has 1 aromatic heterocycles. The molecule has 0 saturated heterocycles. The molecule has 0 aromatic carbocycles. The smallest absolute Gasteiger partial charge is 0.320 e. The van der Waals surface area contributed by atoms with Crippen LogP contribution in [0.5, 0.6) is 0 Å². The van der Waals surface area contributed by atoms with E-state index in [0.29, 0.717) is 5.69 Å². The van der Waals surface area contributed by atoms with Gasteiger partial charge >= 0.3 is 5.97 Å². The van der Waals surface area contributed by atoms with Gasteiger partial charge < -0.3 is 15.8 Å². The third-order valence-electron chi connectivity index (χ3n) is 1.66. The highest BCUT2D eigenvalue weighted by Gasteiger charge is 2.14. The van der Waals surface area contributed by atoms with Gasteiger partial charge in [-0.2, -0.15) is 0 Å². The number of aliphatic carboxylic acids is 1. The molecule has 0 spiro atoms. The third-order valence-corrected chi connectivity index (χ3v) is 1.66. The van der Waals surface area contributed by atoms with Crippen molar-refractivity contribution >= 4 is 18.4 Å². The Balaban J connectivity index is 0.00000144. The van der Waals surface area contributed by atoms with E-state index in [1.165, 1.54) is 6.33 Å². The number of rotatable bonds is 3. The Morgan fingerprint density at radius 1 is 1.85 bits per heavy atom. The highest BCUT2D eigenvalue weighted by Crippen LogP contribution is 2.02. The van der Waals surface area contributed by atoms with E-state index in [2.05, 4.69) is 9.97 Å². The van der Waals surface area contributed by atoms with Gasteiger partial charge in [0.25, 0.3) is 0 Å². The zero-order valence-corrected chi connectivity index (χ0v) is 7.97. The molecule has 1 atom stereocenters. The van der Waals surface area contributed by atoms with E-state index >= 15 is 0 Å². The number of aryl methyl sites for hydroxylation is 1. The molecule has 0 amide bonds. The Morgan fingerprint density at radius 2 is 2.46 bits per heavy atom. The van der Waals surface area contributed by atoms with Gasteiger partial charge in [0, 0.05) is 12.1 Å². The van der Waals surface area contributed by atoms with Crippen molar-refractivity contribution in [3.8, 4) is 0 Å². The standard InChI is InChI=1S/C7H11N3O2.ClH/c1-4-6(10-3-9-4)2-5(8)7(11)12;/h3,5H,2,8H2,1H3,(H,9,10)(H,11,12);1H. The molecule has 0 aliphatic carbocycles. The normalized spacial score (nSPS) is 11.8. The number of nitrogens with zero attached hydrogens (tertiary/aromatic N) is 1. The maximum atomic E-state index is 10.4. The molecule has 1 heterocycles. The zero-order valence-electron chi connectivity index (χ0n) is 7.15. The second kappa shape index (κ2) is 4.84. The highest BCUT2D eigenvalue weighted by molar-refractivity contribution is 5.85. The number of carboxylic acid groups (broad SMARTS) is 1. The summed E-state index contributed by atoms with van der Waals surface area (Å²) in [5.74, 6) is -1.00. The Labute approximate surface area is 81.8 Å². The fourth-order valence-electron chi connectivity index (χ4n) is 0.889. The van der Waals surface area contributed by atoms with Crippen molar-refractivity contribution in [2.75, 3.05) is 0 Å². The van der Waals surface area contributed by atoms with Crippen LogP contribution in [-0.2, 0) is 11.2 Å². The largest absolute Gasteiger partial charge is 0.480 e. The topological polar surface area (TPSA) is 92.0 Å². The molecule has 1 rings (SSSR count). The van der Waals surface area contributed by atoms with Crippen LogP contribution in [-0.4, -0.2) is 27.1 Å². The first-order valence-electron chi connectivity index (χ1n) is 3.58. The molecule has 0 aliphatic rings. The summed E-state index contributed by atoms with van der Waals surface area (Å²) < 4.78 is 0. The SMILES string of the molecule is Cc1[nH]cnc1CC(N)C(=O)O.Cl. The van der Waals surface area contributed by atoms with Crippen molar-refractivity contribution in [2.24, 2.45) is 5.73 Å². The summed E-state index contributed by atoms with van der Waals surface area (Å²) in [5.41, 5.74) is 6.90. The fraction of sp³-hybridized carbons (Fsp3) is 0.429. The lowest BCUT2D eigenvalue weighted by Gasteiger charge is -2.03. The van der Waals surface area contributed by atoms with Gasteiger partial charge in [-0.05, 0) is 6.92 Å². The highest BCUT2D eigenvalue weighted by atomic mass is 35.5. The number of nitrogens with two attached hydrogens (primary N) is 1. The number of halogens is 1.